The molecule has 0 bridgehead atoms. The lowest BCUT2D eigenvalue weighted by Gasteiger charge is -2.19. The van der Waals surface area contributed by atoms with E-state index in [-0.39, 0.29) is 5.54 Å². The van der Waals surface area contributed by atoms with E-state index >= 15 is 0 Å². The van der Waals surface area contributed by atoms with Gasteiger partial charge in [0, 0.05) is 18.6 Å². The van der Waals surface area contributed by atoms with E-state index in [2.05, 4.69) is 35.2 Å². The summed E-state index contributed by atoms with van der Waals surface area (Å²) in [6.07, 6.45) is 3.79. The molecule has 2 aliphatic rings. The third-order valence-electron chi connectivity index (χ3n) is 4.16. The summed E-state index contributed by atoms with van der Waals surface area (Å²) in [6, 6.07) is 10.7. The molecule has 1 aromatic rings. The van der Waals surface area contributed by atoms with Crippen molar-refractivity contribution in [3.05, 3.63) is 35.9 Å². The molecule has 1 atom stereocenters. The second-order valence-corrected chi connectivity index (χ2v) is 5.44. The van der Waals surface area contributed by atoms with Gasteiger partial charge in [-0.15, -0.1) is 0 Å². The van der Waals surface area contributed by atoms with Crippen LogP contribution in [0.2, 0.25) is 0 Å². The van der Waals surface area contributed by atoms with E-state index in [0.29, 0.717) is 0 Å². The van der Waals surface area contributed by atoms with Crippen LogP contribution in [0, 0.1) is 5.92 Å². The molecule has 3 rings (SSSR count). The molecule has 1 saturated heterocycles. The SMILES string of the molecule is NC1(C2CCN(Cc3ccccc3)C2)CC1. The lowest BCUT2D eigenvalue weighted by molar-refractivity contribution is 0.301. The Labute approximate surface area is 97.4 Å². The summed E-state index contributed by atoms with van der Waals surface area (Å²) in [6.45, 7) is 3.51. The molecule has 16 heavy (non-hydrogen) atoms. The van der Waals surface area contributed by atoms with Crippen molar-refractivity contribution in [2.24, 2.45) is 11.7 Å². The van der Waals surface area contributed by atoms with Crippen LogP contribution >= 0.6 is 0 Å². The molecule has 1 saturated carbocycles. The fourth-order valence-corrected chi connectivity index (χ4v) is 2.84. The largest absolute Gasteiger partial charge is 0.325 e. The molecule has 2 fully saturated rings. The van der Waals surface area contributed by atoms with Crippen molar-refractivity contribution in [2.45, 2.75) is 31.3 Å². The molecule has 1 unspecified atom stereocenters. The summed E-state index contributed by atoms with van der Waals surface area (Å²) in [5, 5.41) is 0. The van der Waals surface area contributed by atoms with Crippen molar-refractivity contribution in [1.82, 2.24) is 4.90 Å². The van der Waals surface area contributed by atoms with Crippen LogP contribution in [0.5, 0.6) is 0 Å². The Morgan fingerprint density at radius 3 is 2.69 bits per heavy atom. The molecule has 2 nitrogen and oxygen atoms in total. The maximum absolute atomic E-state index is 6.28. The van der Waals surface area contributed by atoms with Crippen LogP contribution in [0.4, 0.5) is 0 Å². The van der Waals surface area contributed by atoms with Gasteiger partial charge in [-0.2, -0.15) is 0 Å². The fourth-order valence-electron chi connectivity index (χ4n) is 2.84. The highest BCUT2D eigenvalue weighted by Gasteiger charge is 2.47. The Bertz CT molecular complexity index is 356. The van der Waals surface area contributed by atoms with Crippen LogP contribution in [0.25, 0.3) is 0 Å². The van der Waals surface area contributed by atoms with Crippen LogP contribution in [-0.2, 0) is 6.54 Å². The summed E-state index contributed by atoms with van der Waals surface area (Å²) in [5.41, 5.74) is 7.92. The molecule has 1 heterocycles. The summed E-state index contributed by atoms with van der Waals surface area (Å²) >= 11 is 0. The molecule has 2 heteroatoms. The van der Waals surface area contributed by atoms with E-state index in [1.807, 2.05) is 0 Å². The Morgan fingerprint density at radius 2 is 2.00 bits per heavy atom. The molecule has 0 aromatic heterocycles. The quantitative estimate of drug-likeness (QED) is 0.837. The predicted octanol–water partition coefficient (Wildman–Crippen LogP) is 2.00. The maximum atomic E-state index is 6.28. The average Bonchev–Trinajstić information content (AvgIpc) is 2.88. The Hall–Kier alpha value is -0.860. The van der Waals surface area contributed by atoms with Gasteiger partial charge in [0.25, 0.3) is 0 Å². The van der Waals surface area contributed by atoms with Crippen molar-refractivity contribution < 1.29 is 0 Å². The highest BCUT2D eigenvalue weighted by atomic mass is 15.2. The van der Waals surface area contributed by atoms with Crippen LogP contribution in [0.1, 0.15) is 24.8 Å². The van der Waals surface area contributed by atoms with E-state index in [0.717, 1.165) is 12.5 Å². The minimum absolute atomic E-state index is 0.214. The smallest absolute Gasteiger partial charge is 0.0233 e. The first kappa shape index (κ1) is 10.3. The van der Waals surface area contributed by atoms with Gasteiger partial charge in [0.15, 0.2) is 0 Å². The highest BCUT2D eigenvalue weighted by molar-refractivity contribution is 5.15. The Balaban J connectivity index is 1.58. The van der Waals surface area contributed by atoms with Gasteiger partial charge in [0.2, 0.25) is 0 Å². The van der Waals surface area contributed by atoms with Crippen molar-refractivity contribution in [1.29, 1.82) is 0 Å². The monoisotopic (exact) mass is 216 g/mol. The summed E-state index contributed by atoms with van der Waals surface area (Å²) < 4.78 is 0. The second-order valence-electron chi connectivity index (χ2n) is 5.44. The Morgan fingerprint density at radius 1 is 1.25 bits per heavy atom. The molecule has 0 spiro atoms. The third kappa shape index (κ3) is 2.00. The predicted molar refractivity (Wildman–Crippen MR) is 66.0 cm³/mol. The zero-order chi connectivity index (χ0) is 11.0. The lowest BCUT2D eigenvalue weighted by atomic mass is 9.98. The van der Waals surface area contributed by atoms with Gasteiger partial charge in [-0.25, -0.2) is 0 Å². The van der Waals surface area contributed by atoms with E-state index < -0.39 is 0 Å². The van der Waals surface area contributed by atoms with E-state index in [4.69, 9.17) is 5.73 Å². The van der Waals surface area contributed by atoms with Gasteiger partial charge < -0.3 is 5.73 Å². The molecule has 86 valence electrons. The van der Waals surface area contributed by atoms with Crippen LogP contribution in [0.15, 0.2) is 30.3 Å². The van der Waals surface area contributed by atoms with Gasteiger partial charge in [-0.3, -0.25) is 4.90 Å². The highest BCUT2D eigenvalue weighted by Crippen LogP contribution is 2.43. The number of hydrogen-bond donors (Lipinski definition) is 1. The molecule has 0 amide bonds. The maximum Gasteiger partial charge on any atom is 0.0233 e. The van der Waals surface area contributed by atoms with E-state index in [1.165, 1.54) is 37.9 Å². The van der Waals surface area contributed by atoms with Crippen molar-refractivity contribution >= 4 is 0 Å². The van der Waals surface area contributed by atoms with Crippen molar-refractivity contribution in [3.63, 3.8) is 0 Å². The Kier molecular flexibility index (Phi) is 2.49. The number of nitrogens with zero attached hydrogens (tertiary/aromatic N) is 1. The first-order valence-corrected chi connectivity index (χ1v) is 6.31. The summed E-state index contributed by atoms with van der Waals surface area (Å²) in [5.74, 6) is 0.746. The van der Waals surface area contributed by atoms with Gasteiger partial charge in [0.1, 0.15) is 0 Å². The lowest BCUT2D eigenvalue weighted by Crippen LogP contribution is -2.34. The van der Waals surface area contributed by atoms with Crippen LogP contribution < -0.4 is 5.73 Å². The summed E-state index contributed by atoms with van der Waals surface area (Å²) in [7, 11) is 0. The first-order chi connectivity index (χ1) is 7.76. The molecule has 1 aliphatic heterocycles. The van der Waals surface area contributed by atoms with Crippen molar-refractivity contribution in [3.8, 4) is 0 Å². The molecule has 1 aromatic carbocycles. The average molecular weight is 216 g/mol. The fraction of sp³-hybridized carbons (Fsp3) is 0.571. The zero-order valence-electron chi connectivity index (χ0n) is 9.73. The van der Waals surface area contributed by atoms with Crippen LogP contribution in [0.3, 0.4) is 0 Å². The van der Waals surface area contributed by atoms with Gasteiger partial charge >= 0.3 is 0 Å². The molecular formula is C14H20N2. The van der Waals surface area contributed by atoms with Gasteiger partial charge in [0.05, 0.1) is 0 Å². The molecule has 1 aliphatic carbocycles. The molecule has 2 N–H and O–H groups in total. The number of likely N-dealkylation sites (tertiary alicyclic amines) is 1. The van der Waals surface area contributed by atoms with Gasteiger partial charge in [-0.1, -0.05) is 30.3 Å². The zero-order valence-corrected chi connectivity index (χ0v) is 9.73. The molecule has 0 radical (unpaired) electrons. The number of benzene rings is 1. The minimum atomic E-state index is 0.214. The topological polar surface area (TPSA) is 29.3 Å². The van der Waals surface area contributed by atoms with E-state index in [9.17, 15) is 0 Å². The molecular weight excluding hydrogens is 196 g/mol. The first-order valence-electron chi connectivity index (χ1n) is 6.31. The van der Waals surface area contributed by atoms with E-state index in [1.54, 1.807) is 0 Å². The third-order valence-corrected chi connectivity index (χ3v) is 4.16. The number of nitrogens with two attached hydrogens (primary N) is 1. The minimum Gasteiger partial charge on any atom is -0.325 e. The normalized spacial score (nSPS) is 28.2. The number of rotatable bonds is 3. The van der Waals surface area contributed by atoms with Crippen molar-refractivity contribution in [2.75, 3.05) is 13.1 Å². The summed E-state index contributed by atoms with van der Waals surface area (Å²) in [4.78, 5) is 2.55. The second kappa shape index (κ2) is 3.86. The van der Waals surface area contributed by atoms with Crippen LogP contribution in [-0.4, -0.2) is 23.5 Å². The van der Waals surface area contributed by atoms with Gasteiger partial charge in [-0.05, 0) is 37.3 Å². The number of hydrogen-bond acceptors (Lipinski definition) is 2. The standard InChI is InChI=1S/C14H20N2/c15-14(7-8-14)13-6-9-16(11-13)10-12-4-2-1-3-5-12/h1-5,13H,6-11,15H2.